The Balaban J connectivity index is 1.95. The molecule has 0 saturated carbocycles. The third-order valence-corrected chi connectivity index (χ3v) is 2.62. The van der Waals surface area contributed by atoms with Crippen LogP contribution < -0.4 is 5.32 Å². The Morgan fingerprint density at radius 2 is 2.28 bits per heavy atom. The molecule has 0 aliphatic heterocycles. The van der Waals surface area contributed by atoms with E-state index in [1.54, 1.807) is 12.1 Å². The third kappa shape index (κ3) is 3.20. The largest absolute Gasteiger partial charge is 0.459 e. The van der Waals surface area contributed by atoms with Crippen molar-refractivity contribution in [3.05, 3.63) is 18.4 Å². The summed E-state index contributed by atoms with van der Waals surface area (Å²) in [7, 11) is 0. The molecule has 18 heavy (non-hydrogen) atoms. The summed E-state index contributed by atoms with van der Waals surface area (Å²) < 4.78 is 10.2. The van der Waals surface area contributed by atoms with Crippen molar-refractivity contribution in [2.24, 2.45) is 0 Å². The molecule has 2 heterocycles. The van der Waals surface area contributed by atoms with Crippen LogP contribution in [0.15, 0.2) is 27.2 Å². The molecule has 0 aliphatic carbocycles. The van der Waals surface area contributed by atoms with E-state index < -0.39 is 0 Å². The number of anilines is 1. The molecule has 0 atom stereocenters. The van der Waals surface area contributed by atoms with Crippen LogP contribution in [0.3, 0.4) is 0 Å². The lowest BCUT2D eigenvalue weighted by Gasteiger charge is -1.97. The Bertz CT molecular complexity index is 549. The quantitative estimate of drug-likeness (QED) is 0.897. The molecule has 94 valence electrons. The number of rotatable bonds is 4. The van der Waals surface area contributed by atoms with Crippen LogP contribution in [0.25, 0.3) is 11.7 Å². The number of hydrogen-bond donors (Lipinski definition) is 1. The second-order valence-corrected chi connectivity index (χ2v) is 4.37. The Hall–Kier alpha value is -2.09. The maximum Gasteiger partial charge on any atom is 0.322 e. The molecule has 1 amide bonds. The summed E-state index contributed by atoms with van der Waals surface area (Å²) in [4.78, 5) is 22.1. The Morgan fingerprint density at radius 3 is 2.94 bits per heavy atom. The SMILES string of the molecule is CC(=O)SCC(=O)Nc1nnc(-c2ccco2)o1. The fraction of sp³-hybridized carbons (Fsp3) is 0.200. The molecule has 0 aliphatic rings. The van der Waals surface area contributed by atoms with Crippen molar-refractivity contribution in [1.82, 2.24) is 10.2 Å². The van der Waals surface area contributed by atoms with E-state index >= 15 is 0 Å². The van der Waals surface area contributed by atoms with Gasteiger partial charge in [0.05, 0.1) is 12.0 Å². The highest BCUT2D eigenvalue weighted by Crippen LogP contribution is 2.19. The van der Waals surface area contributed by atoms with E-state index in [2.05, 4.69) is 15.5 Å². The second-order valence-electron chi connectivity index (χ2n) is 3.22. The normalized spacial score (nSPS) is 10.3. The molecule has 2 aromatic rings. The van der Waals surface area contributed by atoms with Gasteiger partial charge in [-0.25, -0.2) is 0 Å². The summed E-state index contributed by atoms with van der Waals surface area (Å²) >= 11 is 0.904. The highest BCUT2D eigenvalue weighted by atomic mass is 32.2. The molecule has 0 bridgehead atoms. The lowest BCUT2D eigenvalue weighted by Crippen LogP contribution is -2.15. The summed E-state index contributed by atoms with van der Waals surface area (Å²) in [5, 5.41) is 9.60. The number of nitrogens with zero attached hydrogens (tertiary/aromatic N) is 2. The van der Waals surface area contributed by atoms with Crippen molar-refractivity contribution in [2.45, 2.75) is 6.92 Å². The first kappa shape index (κ1) is 12.4. The molecule has 0 spiro atoms. The van der Waals surface area contributed by atoms with Gasteiger partial charge >= 0.3 is 6.01 Å². The zero-order valence-electron chi connectivity index (χ0n) is 9.37. The topological polar surface area (TPSA) is 98.2 Å². The first-order chi connectivity index (χ1) is 8.65. The van der Waals surface area contributed by atoms with Crippen LogP contribution in [0.1, 0.15) is 6.92 Å². The summed E-state index contributed by atoms with van der Waals surface area (Å²) in [5.74, 6) is 0.217. The maximum absolute atomic E-state index is 11.4. The number of carbonyl (C=O) groups is 2. The van der Waals surface area contributed by atoms with Gasteiger partial charge in [0, 0.05) is 6.92 Å². The van der Waals surface area contributed by atoms with Crippen LogP contribution in [0, 0.1) is 0 Å². The highest BCUT2D eigenvalue weighted by molar-refractivity contribution is 8.14. The van der Waals surface area contributed by atoms with Crippen LogP contribution in [0.2, 0.25) is 0 Å². The Morgan fingerprint density at radius 1 is 1.44 bits per heavy atom. The lowest BCUT2D eigenvalue weighted by atomic mass is 10.5. The van der Waals surface area contributed by atoms with Crippen LogP contribution in [-0.4, -0.2) is 27.0 Å². The van der Waals surface area contributed by atoms with Gasteiger partial charge in [-0.1, -0.05) is 16.9 Å². The van der Waals surface area contributed by atoms with Gasteiger partial charge in [-0.15, -0.1) is 5.10 Å². The van der Waals surface area contributed by atoms with Gasteiger partial charge in [0.25, 0.3) is 5.89 Å². The first-order valence-electron chi connectivity index (χ1n) is 4.96. The van der Waals surface area contributed by atoms with Crippen molar-refractivity contribution in [3.8, 4) is 11.7 Å². The molecule has 8 heteroatoms. The number of nitrogens with one attached hydrogen (secondary N) is 1. The standard InChI is InChI=1S/C10H9N3O4S/c1-6(14)18-5-8(15)11-10-13-12-9(17-10)7-3-2-4-16-7/h2-4H,5H2,1H3,(H,11,13,15). The minimum absolute atomic E-state index is 0.00774. The fourth-order valence-corrected chi connectivity index (χ4v) is 1.50. The fourth-order valence-electron chi connectivity index (χ4n) is 1.10. The van der Waals surface area contributed by atoms with Crippen LogP contribution >= 0.6 is 11.8 Å². The zero-order chi connectivity index (χ0) is 13.0. The van der Waals surface area contributed by atoms with Gasteiger partial charge in [-0.05, 0) is 12.1 Å². The zero-order valence-corrected chi connectivity index (χ0v) is 10.2. The predicted octanol–water partition coefficient (Wildman–Crippen LogP) is 1.55. The second kappa shape index (κ2) is 5.50. The van der Waals surface area contributed by atoms with E-state index in [1.807, 2.05) is 0 Å². The molecule has 0 saturated heterocycles. The molecule has 1 N–H and O–H groups in total. The molecular formula is C10H9N3O4S. The Labute approximate surface area is 106 Å². The average molecular weight is 267 g/mol. The van der Waals surface area contributed by atoms with E-state index in [9.17, 15) is 9.59 Å². The molecule has 0 radical (unpaired) electrons. The average Bonchev–Trinajstić information content (AvgIpc) is 2.95. The summed E-state index contributed by atoms with van der Waals surface area (Å²) in [6, 6.07) is 3.31. The van der Waals surface area contributed by atoms with Gasteiger partial charge in [-0.3, -0.25) is 14.9 Å². The molecule has 2 rings (SSSR count). The Kier molecular flexibility index (Phi) is 3.78. The predicted molar refractivity (Wildman–Crippen MR) is 63.8 cm³/mol. The van der Waals surface area contributed by atoms with Crippen LogP contribution in [0.4, 0.5) is 6.01 Å². The lowest BCUT2D eigenvalue weighted by molar-refractivity contribution is -0.114. The van der Waals surface area contributed by atoms with E-state index in [-0.39, 0.29) is 28.7 Å². The van der Waals surface area contributed by atoms with Gasteiger partial charge in [0.2, 0.25) is 5.91 Å². The molecular weight excluding hydrogens is 258 g/mol. The molecule has 0 unspecified atom stereocenters. The van der Waals surface area contributed by atoms with Gasteiger partial charge in [0.1, 0.15) is 0 Å². The van der Waals surface area contributed by atoms with Gasteiger partial charge in [-0.2, -0.15) is 0 Å². The summed E-state index contributed by atoms with van der Waals surface area (Å²) in [5.41, 5.74) is 0. The molecule has 7 nitrogen and oxygen atoms in total. The number of furan rings is 1. The molecule has 0 aromatic carbocycles. The van der Waals surface area contributed by atoms with E-state index in [0.717, 1.165) is 11.8 Å². The molecule has 2 aromatic heterocycles. The van der Waals surface area contributed by atoms with Crippen molar-refractivity contribution >= 4 is 28.8 Å². The number of carbonyl (C=O) groups excluding carboxylic acids is 2. The number of aromatic nitrogens is 2. The minimum atomic E-state index is -0.384. The van der Waals surface area contributed by atoms with E-state index in [4.69, 9.17) is 8.83 Å². The third-order valence-electron chi connectivity index (χ3n) is 1.81. The van der Waals surface area contributed by atoms with E-state index in [1.165, 1.54) is 13.2 Å². The molecule has 0 fully saturated rings. The monoisotopic (exact) mass is 267 g/mol. The van der Waals surface area contributed by atoms with Gasteiger partial charge in [0.15, 0.2) is 10.9 Å². The van der Waals surface area contributed by atoms with Crippen molar-refractivity contribution in [2.75, 3.05) is 11.1 Å². The van der Waals surface area contributed by atoms with Crippen LogP contribution in [0.5, 0.6) is 0 Å². The van der Waals surface area contributed by atoms with Crippen molar-refractivity contribution < 1.29 is 18.4 Å². The highest BCUT2D eigenvalue weighted by Gasteiger charge is 2.13. The first-order valence-corrected chi connectivity index (χ1v) is 5.94. The van der Waals surface area contributed by atoms with Crippen LogP contribution in [-0.2, 0) is 9.59 Å². The smallest absolute Gasteiger partial charge is 0.322 e. The van der Waals surface area contributed by atoms with Crippen molar-refractivity contribution in [1.29, 1.82) is 0 Å². The van der Waals surface area contributed by atoms with Crippen molar-refractivity contribution in [3.63, 3.8) is 0 Å². The summed E-state index contributed by atoms with van der Waals surface area (Å²) in [6.07, 6.45) is 1.47. The number of amides is 1. The van der Waals surface area contributed by atoms with Gasteiger partial charge < -0.3 is 8.83 Å². The minimum Gasteiger partial charge on any atom is -0.459 e. The van der Waals surface area contributed by atoms with E-state index in [0.29, 0.717) is 5.76 Å². The maximum atomic E-state index is 11.4. The number of hydrogen-bond acceptors (Lipinski definition) is 7. The summed E-state index contributed by atoms with van der Waals surface area (Å²) in [6.45, 7) is 1.39. The number of thioether (sulfide) groups is 1.